The summed E-state index contributed by atoms with van der Waals surface area (Å²) in [7, 11) is 0. The maximum Gasteiger partial charge on any atom is 0.196 e. The molecule has 0 amide bonds. The van der Waals surface area contributed by atoms with Crippen LogP contribution < -0.4 is 0 Å². The lowest BCUT2D eigenvalue weighted by Crippen LogP contribution is -2.05. The minimum atomic E-state index is 0.0754. The number of nitrogens with zero attached hydrogens (tertiary/aromatic N) is 5. The van der Waals surface area contributed by atoms with Crippen molar-refractivity contribution in [3.63, 3.8) is 0 Å². The third-order valence-electron chi connectivity index (χ3n) is 5.35. The highest BCUT2D eigenvalue weighted by atomic mass is 32.2. The molecule has 32 heavy (non-hydrogen) atoms. The highest BCUT2D eigenvalue weighted by Gasteiger charge is 2.19. The molecule has 0 unspecified atom stereocenters. The smallest absolute Gasteiger partial charge is 0.196 e. The number of para-hydroxylation sites is 2. The van der Waals surface area contributed by atoms with Gasteiger partial charge in [0.05, 0.1) is 5.75 Å². The summed E-state index contributed by atoms with van der Waals surface area (Å²) in [5.74, 6) is 1.07. The summed E-state index contributed by atoms with van der Waals surface area (Å²) in [5, 5.41) is 10.5. The van der Waals surface area contributed by atoms with Crippen LogP contribution in [0.5, 0.6) is 0 Å². The first-order valence-electron chi connectivity index (χ1n) is 10.4. The quantitative estimate of drug-likeness (QED) is 0.255. The fourth-order valence-corrected chi connectivity index (χ4v) is 4.63. The van der Waals surface area contributed by atoms with Gasteiger partial charge in [0, 0.05) is 52.9 Å². The Labute approximate surface area is 189 Å². The molecule has 0 saturated heterocycles. The Kier molecular flexibility index (Phi) is 5.56. The van der Waals surface area contributed by atoms with Crippen LogP contribution in [0.15, 0.2) is 90.5 Å². The van der Waals surface area contributed by atoms with E-state index in [4.69, 9.17) is 0 Å². The zero-order valence-corrected chi connectivity index (χ0v) is 18.4. The van der Waals surface area contributed by atoms with Gasteiger partial charge in [-0.2, -0.15) is 0 Å². The van der Waals surface area contributed by atoms with E-state index in [1.54, 1.807) is 12.4 Å². The van der Waals surface area contributed by atoms with E-state index in [2.05, 4.69) is 32.7 Å². The van der Waals surface area contributed by atoms with Crippen molar-refractivity contribution in [1.82, 2.24) is 24.3 Å². The number of aryl methyl sites for hydroxylation is 1. The van der Waals surface area contributed by atoms with E-state index in [0.29, 0.717) is 5.16 Å². The number of thioether (sulfide) groups is 1. The summed E-state index contributed by atoms with van der Waals surface area (Å²) in [6.07, 6.45) is 5.43. The van der Waals surface area contributed by atoms with Gasteiger partial charge in [-0.15, -0.1) is 10.2 Å². The Morgan fingerprint density at radius 2 is 1.69 bits per heavy atom. The van der Waals surface area contributed by atoms with E-state index in [1.165, 1.54) is 11.8 Å². The third kappa shape index (κ3) is 3.71. The standard InChI is InChI=1S/C25H21N5OS/c1-2-29-16-21(20-10-6-7-11-22(20)29)23(31)17-32-25-28-27-24(18-12-14-26-15-13-18)30(25)19-8-4-3-5-9-19/h3-16H,2,17H2,1H3. The van der Waals surface area contributed by atoms with Crippen LogP contribution in [0.2, 0.25) is 0 Å². The SMILES string of the molecule is CCn1cc(C(=O)CSc2nnc(-c3ccncc3)n2-c2ccccc2)c2ccccc21. The Morgan fingerprint density at radius 3 is 2.47 bits per heavy atom. The maximum absolute atomic E-state index is 13.2. The number of benzene rings is 2. The first-order valence-corrected chi connectivity index (χ1v) is 11.4. The second-order valence-corrected chi connectivity index (χ2v) is 8.21. The van der Waals surface area contributed by atoms with Gasteiger partial charge in [0.25, 0.3) is 0 Å². The molecule has 3 heterocycles. The lowest BCUT2D eigenvalue weighted by Gasteiger charge is -2.10. The molecular formula is C25H21N5OS. The third-order valence-corrected chi connectivity index (χ3v) is 6.28. The van der Waals surface area contributed by atoms with E-state index >= 15 is 0 Å². The van der Waals surface area contributed by atoms with Crippen LogP contribution in [0.25, 0.3) is 28.0 Å². The predicted molar refractivity (Wildman–Crippen MR) is 127 cm³/mol. The number of aromatic nitrogens is 5. The van der Waals surface area contributed by atoms with Gasteiger partial charge in [0.2, 0.25) is 0 Å². The molecule has 158 valence electrons. The lowest BCUT2D eigenvalue weighted by molar-refractivity contribution is 0.102. The van der Waals surface area contributed by atoms with E-state index in [9.17, 15) is 4.79 Å². The van der Waals surface area contributed by atoms with Crippen LogP contribution in [0.1, 0.15) is 17.3 Å². The molecule has 7 heteroatoms. The zero-order valence-electron chi connectivity index (χ0n) is 17.5. The van der Waals surface area contributed by atoms with Crippen LogP contribution in [0, 0.1) is 0 Å². The number of hydrogen-bond acceptors (Lipinski definition) is 5. The second kappa shape index (κ2) is 8.80. The molecule has 0 radical (unpaired) electrons. The molecule has 0 fully saturated rings. The van der Waals surface area contributed by atoms with Crippen LogP contribution >= 0.6 is 11.8 Å². The zero-order chi connectivity index (χ0) is 21.9. The molecule has 0 spiro atoms. The van der Waals surface area contributed by atoms with Crippen LogP contribution in [0.3, 0.4) is 0 Å². The molecule has 0 N–H and O–H groups in total. The van der Waals surface area contributed by atoms with Gasteiger partial charge in [0.15, 0.2) is 16.8 Å². The molecule has 5 rings (SSSR count). The van der Waals surface area contributed by atoms with E-state index < -0.39 is 0 Å². The summed E-state index contributed by atoms with van der Waals surface area (Å²) in [5.41, 5.74) is 3.69. The maximum atomic E-state index is 13.2. The summed E-state index contributed by atoms with van der Waals surface area (Å²) in [6, 6.07) is 21.8. The van der Waals surface area contributed by atoms with Gasteiger partial charge < -0.3 is 4.57 Å². The number of rotatable bonds is 7. The fourth-order valence-electron chi connectivity index (χ4n) is 3.80. The second-order valence-electron chi connectivity index (χ2n) is 7.27. The molecule has 0 aliphatic carbocycles. The molecular weight excluding hydrogens is 418 g/mol. The summed E-state index contributed by atoms with van der Waals surface area (Å²) >= 11 is 1.40. The first-order chi connectivity index (χ1) is 15.8. The van der Waals surface area contributed by atoms with Gasteiger partial charge in [-0.05, 0) is 37.3 Å². The number of carbonyl (C=O) groups excluding carboxylic acids is 1. The van der Waals surface area contributed by atoms with Crippen LogP contribution in [0.4, 0.5) is 0 Å². The highest BCUT2D eigenvalue weighted by Crippen LogP contribution is 2.29. The number of carbonyl (C=O) groups is 1. The number of hydrogen-bond donors (Lipinski definition) is 0. The topological polar surface area (TPSA) is 65.6 Å². The van der Waals surface area contributed by atoms with Crippen LogP contribution in [-0.4, -0.2) is 35.9 Å². The molecule has 0 bridgehead atoms. The van der Waals surface area contributed by atoms with Crippen molar-refractivity contribution in [3.8, 4) is 17.1 Å². The Balaban J connectivity index is 1.48. The Hall–Kier alpha value is -3.71. The average molecular weight is 440 g/mol. The van der Waals surface area contributed by atoms with E-state index in [-0.39, 0.29) is 11.5 Å². The molecule has 0 aliphatic rings. The molecule has 2 aromatic carbocycles. The lowest BCUT2D eigenvalue weighted by atomic mass is 10.1. The molecule has 3 aromatic heterocycles. The number of ketones is 1. The van der Waals surface area contributed by atoms with Gasteiger partial charge in [0.1, 0.15) is 0 Å². The Bertz CT molecular complexity index is 1380. The molecule has 0 aliphatic heterocycles. The monoisotopic (exact) mass is 439 g/mol. The van der Waals surface area contributed by atoms with Crippen molar-refractivity contribution < 1.29 is 4.79 Å². The minimum Gasteiger partial charge on any atom is -0.347 e. The summed E-state index contributed by atoms with van der Waals surface area (Å²) in [6.45, 7) is 2.90. The normalized spacial score (nSPS) is 11.2. The van der Waals surface area contributed by atoms with Crippen molar-refractivity contribution in [2.24, 2.45) is 0 Å². The van der Waals surface area contributed by atoms with Crippen molar-refractivity contribution in [3.05, 3.63) is 90.9 Å². The number of fused-ring (bicyclic) bond motifs is 1. The van der Waals surface area contributed by atoms with Gasteiger partial charge in [-0.3, -0.25) is 14.3 Å². The molecule has 0 atom stereocenters. The van der Waals surface area contributed by atoms with Crippen molar-refractivity contribution >= 4 is 28.4 Å². The molecule has 0 saturated carbocycles. The van der Waals surface area contributed by atoms with Crippen molar-refractivity contribution in [2.75, 3.05) is 5.75 Å². The predicted octanol–water partition coefficient (Wildman–Crippen LogP) is 5.28. The molecule has 5 aromatic rings. The Morgan fingerprint density at radius 1 is 0.938 bits per heavy atom. The van der Waals surface area contributed by atoms with Gasteiger partial charge >= 0.3 is 0 Å². The van der Waals surface area contributed by atoms with Crippen molar-refractivity contribution in [1.29, 1.82) is 0 Å². The van der Waals surface area contributed by atoms with Crippen LogP contribution in [-0.2, 0) is 6.54 Å². The first kappa shape index (κ1) is 20.2. The molecule has 6 nitrogen and oxygen atoms in total. The van der Waals surface area contributed by atoms with Gasteiger partial charge in [-0.25, -0.2) is 0 Å². The van der Waals surface area contributed by atoms with Crippen molar-refractivity contribution in [2.45, 2.75) is 18.6 Å². The largest absolute Gasteiger partial charge is 0.347 e. The number of pyridine rings is 1. The van der Waals surface area contributed by atoms with E-state index in [1.807, 2.05) is 71.4 Å². The summed E-state index contributed by atoms with van der Waals surface area (Å²) in [4.78, 5) is 17.3. The van der Waals surface area contributed by atoms with E-state index in [0.717, 1.165) is 40.1 Å². The minimum absolute atomic E-state index is 0.0754. The number of Topliss-reactive ketones (excluding diaryl/α,β-unsaturated/α-hetero) is 1. The fraction of sp³-hybridized carbons (Fsp3) is 0.120. The van der Waals surface area contributed by atoms with Gasteiger partial charge in [-0.1, -0.05) is 48.2 Å². The summed E-state index contributed by atoms with van der Waals surface area (Å²) < 4.78 is 4.10. The highest BCUT2D eigenvalue weighted by molar-refractivity contribution is 7.99. The average Bonchev–Trinajstić information content (AvgIpc) is 3.45.